The van der Waals surface area contributed by atoms with Crippen LogP contribution in [0.5, 0.6) is 0 Å². The maximum Gasteiger partial charge on any atom is 0.263 e. The van der Waals surface area contributed by atoms with E-state index in [0.29, 0.717) is 18.7 Å². The van der Waals surface area contributed by atoms with E-state index in [1.807, 2.05) is 0 Å². The molecule has 3 rings (SSSR count). The van der Waals surface area contributed by atoms with Gasteiger partial charge in [-0.1, -0.05) is 0 Å². The molecule has 0 aromatic carbocycles. The molecule has 1 aliphatic carbocycles. The Labute approximate surface area is 87.3 Å². The monoisotopic (exact) mass is 207 g/mol. The number of hydrogen-bond acceptors (Lipinski definition) is 3. The Kier molecular flexibility index (Phi) is 1.74. The predicted molar refractivity (Wildman–Crippen MR) is 53.3 cm³/mol. The molecule has 2 amide bonds. The minimum absolute atomic E-state index is 0.0639. The molecule has 80 valence electrons. The highest BCUT2D eigenvalue weighted by molar-refractivity contribution is 6.21. The number of aliphatic imine (C=N–C) groups is 1. The highest BCUT2D eigenvalue weighted by Crippen LogP contribution is 2.48. The maximum absolute atomic E-state index is 11.7. The van der Waals surface area contributed by atoms with Crippen LogP contribution in [0.1, 0.15) is 25.7 Å². The van der Waals surface area contributed by atoms with Crippen molar-refractivity contribution < 1.29 is 9.59 Å². The lowest BCUT2D eigenvalue weighted by Crippen LogP contribution is -2.51. The summed E-state index contributed by atoms with van der Waals surface area (Å²) >= 11 is 0. The molecule has 1 saturated heterocycles. The third-order valence-corrected chi connectivity index (χ3v) is 3.45. The Balaban J connectivity index is 1.86. The van der Waals surface area contributed by atoms with Crippen molar-refractivity contribution in [2.45, 2.75) is 31.7 Å². The van der Waals surface area contributed by atoms with Crippen molar-refractivity contribution in [3.63, 3.8) is 0 Å². The zero-order chi connectivity index (χ0) is 10.5. The zero-order valence-electron chi connectivity index (χ0n) is 8.38. The van der Waals surface area contributed by atoms with Gasteiger partial charge in [0.2, 0.25) is 5.91 Å². The molecule has 1 atom stereocenters. The summed E-state index contributed by atoms with van der Waals surface area (Å²) in [5.74, 6) is 0.140. The van der Waals surface area contributed by atoms with E-state index in [-0.39, 0.29) is 17.9 Å². The van der Waals surface area contributed by atoms with Crippen LogP contribution in [0.4, 0.5) is 0 Å². The average molecular weight is 207 g/mol. The third-order valence-electron chi connectivity index (χ3n) is 3.45. The van der Waals surface area contributed by atoms with Gasteiger partial charge in [0.1, 0.15) is 11.3 Å². The van der Waals surface area contributed by atoms with Gasteiger partial charge in [-0.2, -0.15) is 4.99 Å². The summed E-state index contributed by atoms with van der Waals surface area (Å²) in [6.07, 6.45) is 3.33. The number of hydrogen-bond donors (Lipinski definition) is 2. The van der Waals surface area contributed by atoms with Gasteiger partial charge in [0.25, 0.3) is 5.91 Å². The van der Waals surface area contributed by atoms with E-state index in [1.165, 1.54) is 0 Å². The van der Waals surface area contributed by atoms with E-state index < -0.39 is 5.41 Å². The van der Waals surface area contributed by atoms with E-state index in [1.54, 1.807) is 0 Å². The van der Waals surface area contributed by atoms with E-state index >= 15 is 0 Å². The van der Waals surface area contributed by atoms with Crippen molar-refractivity contribution >= 4 is 17.6 Å². The number of carbonyl (C=O) groups is 2. The number of carbonyl (C=O) groups excluding carboxylic acids is 2. The Hall–Kier alpha value is -1.23. The molecule has 5 heteroatoms. The van der Waals surface area contributed by atoms with Crippen molar-refractivity contribution in [1.29, 1.82) is 0 Å². The fourth-order valence-corrected chi connectivity index (χ4v) is 2.23. The summed E-state index contributed by atoms with van der Waals surface area (Å²) in [6.45, 7) is 0.929. The Morgan fingerprint density at radius 2 is 2.13 bits per heavy atom. The van der Waals surface area contributed by atoms with Gasteiger partial charge in [-0.3, -0.25) is 9.59 Å². The van der Waals surface area contributed by atoms with Crippen LogP contribution in [0.25, 0.3) is 0 Å². The summed E-state index contributed by atoms with van der Waals surface area (Å²) in [5.41, 5.74) is -0.776. The van der Waals surface area contributed by atoms with Crippen LogP contribution in [0.15, 0.2) is 4.99 Å². The molecular weight excluding hydrogens is 194 g/mol. The summed E-state index contributed by atoms with van der Waals surface area (Å²) in [4.78, 5) is 27.4. The smallest absolute Gasteiger partial charge is 0.263 e. The molecule has 0 bridgehead atoms. The van der Waals surface area contributed by atoms with Gasteiger partial charge < -0.3 is 10.6 Å². The molecule has 5 nitrogen and oxygen atoms in total. The van der Waals surface area contributed by atoms with E-state index in [2.05, 4.69) is 15.6 Å². The number of rotatable bonds is 1. The maximum atomic E-state index is 11.7. The topological polar surface area (TPSA) is 70.6 Å². The van der Waals surface area contributed by atoms with Crippen LogP contribution in [0.3, 0.4) is 0 Å². The fraction of sp³-hybridized carbons (Fsp3) is 0.700. The molecule has 1 spiro atoms. The van der Waals surface area contributed by atoms with E-state index in [0.717, 1.165) is 19.4 Å². The normalized spacial score (nSPS) is 32.8. The van der Waals surface area contributed by atoms with E-state index in [4.69, 9.17) is 0 Å². The molecule has 2 heterocycles. The zero-order valence-corrected chi connectivity index (χ0v) is 8.38. The number of nitrogens with one attached hydrogen (secondary N) is 2. The molecule has 15 heavy (non-hydrogen) atoms. The molecule has 0 radical (unpaired) electrons. The van der Waals surface area contributed by atoms with Crippen LogP contribution in [0, 0.1) is 5.41 Å². The first-order valence-electron chi connectivity index (χ1n) is 5.40. The molecule has 0 aromatic rings. The largest absolute Gasteiger partial charge is 0.312 e. The number of amidine groups is 1. The van der Waals surface area contributed by atoms with Gasteiger partial charge in [-0.05, 0) is 32.2 Å². The lowest BCUT2D eigenvalue weighted by molar-refractivity contribution is -0.135. The van der Waals surface area contributed by atoms with Crippen LogP contribution in [-0.2, 0) is 9.59 Å². The first kappa shape index (κ1) is 9.03. The molecule has 1 unspecified atom stereocenters. The lowest BCUT2D eigenvalue weighted by atomic mass is 10.0. The van der Waals surface area contributed by atoms with Crippen molar-refractivity contribution in [3.05, 3.63) is 0 Å². The highest BCUT2D eigenvalue weighted by atomic mass is 16.2. The van der Waals surface area contributed by atoms with Gasteiger partial charge in [0, 0.05) is 0 Å². The van der Waals surface area contributed by atoms with Crippen molar-refractivity contribution in [1.82, 2.24) is 10.6 Å². The average Bonchev–Trinajstić information content (AvgIpc) is 2.83. The van der Waals surface area contributed by atoms with Gasteiger partial charge >= 0.3 is 0 Å². The van der Waals surface area contributed by atoms with Crippen molar-refractivity contribution in [3.8, 4) is 0 Å². The van der Waals surface area contributed by atoms with E-state index in [9.17, 15) is 9.59 Å². The molecule has 2 aliphatic heterocycles. The minimum Gasteiger partial charge on any atom is -0.312 e. The van der Waals surface area contributed by atoms with Crippen LogP contribution in [0.2, 0.25) is 0 Å². The molecule has 1 saturated carbocycles. The van der Waals surface area contributed by atoms with Gasteiger partial charge in [-0.15, -0.1) is 0 Å². The third kappa shape index (κ3) is 1.23. The molecule has 2 fully saturated rings. The number of nitrogens with zero attached hydrogens (tertiary/aromatic N) is 1. The summed E-state index contributed by atoms with van der Waals surface area (Å²) in [5, 5.41) is 5.99. The molecule has 2 N–H and O–H groups in total. The second kappa shape index (κ2) is 2.88. The molecule has 0 aromatic heterocycles. The van der Waals surface area contributed by atoms with Crippen molar-refractivity contribution in [2.75, 3.05) is 6.54 Å². The minimum atomic E-state index is -0.776. The summed E-state index contributed by atoms with van der Waals surface area (Å²) < 4.78 is 0. The molecular formula is C10H13N3O2. The van der Waals surface area contributed by atoms with Crippen LogP contribution < -0.4 is 10.6 Å². The first-order valence-corrected chi connectivity index (χ1v) is 5.40. The first-order chi connectivity index (χ1) is 7.22. The van der Waals surface area contributed by atoms with Crippen molar-refractivity contribution in [2.24, 2.45) is 10.4 Å². The second-order valence-corrected chi connectivity index (χ2v) is 4.49. The quantitative estimate of drug-likeness (QED) is 0.573. The van der Waals surface area contributed by atoms with Gasteiger partial charge in [0.05, 0.1) is 6.04 Å². The summed E-state index contributed by atoms with van der Waals surface area (Å²) in [6, 6.07) is 0.0639. The lowest BCUT2D eigenvalue weighted by Gasteiger charge is -2.22. The predicted octanol–water partition coefficient (Wildman–Crippen LogP) is -0.427. The standard InChI is InChI=1S/C10H13N3O2/c14-8-10(3-4-10)9(15)13-7(12-8)6-2-1-5-11-6/h6,11H,1-5H2,(H,12,13,14,15). The van der Waals surface area contributed by atoms with Crippen LogP contribution >= 0.6 is 0 Å². The van der Waals surface area contributed by atoms with Gasteiger partial charge in [-0.25, -0.2) is 0 Å². The number of amides is 2. The highest BCUT2D eigenvalue weighted by Gasteiger charge is 2.59. The SMILES string of the molecule is O=C1N=C(C2CCCN2)NC(=O)C12CC2. The second-order valence-electron chi connectivity index (χ2n) is 4.49. The van der Waals surface area contributed by atoms with Gasteiger partial charge in [0.15, 0.2) is 0 Å². The Bertz CT molecular complexity index is 365. The fourth-order valence-electron chi connectivity index (χ4n) is 2.23. The molecule has 3 aliphatic rings. The Morgan fingerprint density at radius 1 is 1.33 bits per heavy atom. The summed E-state index contributed by atoms with van der Waals surface area (Å²) in [7, 11) is 0. The Morgan fingerprint density at radius 3 is 2.67 bits per heavy atom. The van der Waals surface area contributed by atoms with Crippen LogP contribution in [-0.4, -0.2) is 30.2 Å².